The van der Waals surface area contributed by atoms with Crippen molar-refractivity contribution in [3.63, 3.8) is 0 Å². The summed E-state index contributed by atoms with van der Waals surface area (Å²) >= 11 is 5.05. The van der Waals surface area contributed by atoms with Crippen LogP contribution in [0.2, 0.25) is 0 Å². The topological polar surface area (TPSA) is 42.2 Å². The molecule has 0 amide bonds. The first-order chi connectivity index (χ1) is 9.51. The van der Waals surface area contributed by atoms with E-state index in [1.807, 2.05) is 12.1 Å². The molecule has 2 heterocycles. The van der Waals surface area contributed by atoms with Crippen LogP contribution in [0.15, 0.2) is 20.4 Å². The summed E-state index contributed by atoms with van der Waals surface area (Å²) in [6.45, 7) is 10.5. The van der Waals surface area contributed by atoms with Gasteiger partial charge in [-0.25, -0.2) is 0 Å². The highest BCUT2D eigenvalue weighted by molar-refractivity contribution is 9.11. The number of aromatic nitrogens is 2. The molecule has 0 fully saturated rings. The Labute approximate surface area is 132 Å². The van der Waals surface area contributed by atoms with Crippen LogP contribution in [0.25, 0.3) is 10.7 Å². The summed E-state index contributed by atoms with van der Waals surface area (Å²) in [5.41, 5.74) is 0. The largest absolute Gasteiger partial charge is 0.338 e. The maximum atomic E-state index is 5.38. The molecule has 2 aromatic rings. The van der Waals surface area contributed by atoms with Gasteiger partial charge in [0.25, 0.3) is 0 Å². The number of thiophene rings is 1. The lowest BCUT2D eigenvalue weighted by molar-refractivity contribution is 0.149. The van der Waals surface area contributed by atoms with Gasteiger partial charge in [-0.05, 0) is 47.4 Å². The van der Waals surface area contributed by atoms with E-state index < -0.39 is 0 Å². The highest BCUT2D eigenvalue weighted by atomic mass is 79.9. The summed E-state index contributed by atoms with van der Waals surface area (Å²) in [5, 5.41) is 4.07. The van der Waals surface area contributed by atoms with Gasteiger partial charge in [0.1, 0.15) is 0 Å². The second kappa shape index (κ2) is 6.83. The number of halogens is 1. The molecule has 0 saturated heterocycles. The molecule has 110 valence electrons. The third kappa shape index (κ3) is 3.68. The summed E-state index contributed by atoms with van der Waals surface area (Å²) < 4.78 is 6.45. The van der Waals surface area contributed by atoms with Crippen LogP contribution in [-0.4, -0.2) is 27.6 Å². The first-order valence-electron chi connectivity index (χ1n) is 6.83. The monoisotopic (exact) mass is 357 g/mol. The lowest BCUT2D eigenvalue weighted by Gasteiger charge is -2.29. The molecule has 0 N–H and O–H groups in total. The van der Waals surface area contributed by atoms with Crippen molar-refractivity contribution < 1.29 is 4.52 Å². The standard InChI is InChI=1S/C14H20BrN3OS/c1-5-18(10(4)9(2)3)8-13-16-14(17-19-13)11-6-7-12(15)20-11/h6-7,9-10H,5,8H2,1-4H3. The highest BCUT2D eigenvalue weighted by Crippen LogP contribution is 2.29. The highest BCUT2D eigenvalue weighted by Gasteiger charge is 2.19. The predicted molar refractivity (Wildman–Crippen MR) is 85.7 cm³/mol. The van der Waals surface area contributed by atoms with E-state index in [0.29, 0.717) is 30.2 Å². The molecular weight excluding hydrogens is 338 g/mol. The fourth-order valence-electron chi connectivity index (χ4n) is 1.99. The van der Waals surface area contributed by atoms with Gasteiger partial charge in [0, 0.05) is 6.04 Å². The van der Waals surface area contributed by atoms with Crippen LogP contribution >= 0.6 is 27.3 Å². The summed E-state index contributed by atoms with van der Waals surface area (Å²) in [6.07, 6.45) is 0. The molecule has 0 aliphatic heterocycles. The Kier molecular flexibility index (Phi) is 5.35. The Hall–Kier alpha value is -0.720. The zero-order valence-electron chi connectivity index (χ0n) is 12.3. The van der Waals surface area contributed by atoms with Gasteiger partial charge in [-0.2, -0.15) is 4.98 Å². The van der Waals surface area contributed by atoms with Crippen molar-refractivity contribution in [3.8, 4) is 10.7 Å². The Morgan fingerprint density at radius 3 is 2.65 bits per heavy atom. The van der Waals surface area contributed by atoms with Crippen molar-refractivity contribution in [3.05, 3.63) is 21.8 Å². The smallest absolute Gasteiger partial charge is 0.241 e. The third-order valence-corrected chi connectivity index (χ3v) is 5.17. The summed E-state index contributed by atoms with van der Waals surface area (Å²) in [7, 11) is 0. The second-order valence-electron chi connectivity index (χ2n) is 5.16. The molecule has 0 aromatic carbocycles. The molecule has 0 aliphatic rings. The van der Waals surface area contributed by atoms with Crippen LogP contribution in [0.4, 0.5) is 0 Å². The molecule has 0 bridgehead atoms. The van der Waals surface area contributed by atoms with Gasteiger partial charge in [-0.3, -0.25) is 4.90 Å². The van der Waals surface area contributed by atoms with Crippen LogP contribution in [0.5, 0.6) is 0 Å². The quantitative estimate of drug-likeness (QED) is 0.766. The minimum atomic E-state index is 0.492. The molecule has 1 atom stereocenters. The van der Waals surface area contributed by atoms with E-state index in [-0.39, 0.29) is 0 Å². The molecule has 4 nitrogen and oxygen atoms in total. The van der Waals surface area contributed by atoms with E-state index in [1.54, 1.807) is 11.3 Å². The van der Waals surface area contributed by atoms with E-state index in [2.05, 4.69) is 58.7 Å². The number of hydrogen-bond acceptors (Lipinski definition) is 5. The predicted octanol–water partition coefficient (Wildman–Crippen LogP) is 4.43. The van der Waals surface area contributed by atoms with Crippen molar-refractivity contribution in [2.24, 2.45) is 5.92 Å². The van der Waals surface area contributed by atoms with Crippen molar-refractivity contribution in [1.29, 1.82) is 0 Å². The average molecular weight is 358 g/mol. The molecular formula is C14H20BrN3OS. The van der Waals surface area contributed by atoms with E-state index in [1.165, 1.54) is 0 Å². The maximum absolute atomic E-state index is 5.38. The molecule has 0 saturated carbocycles. The summed E-state index contributed by atoms with van der Waals surface area (Å²) in [6, 6.07) is 4.48. The van der Waals surface area contributed by atoms with Gasteiger partial charge in [-0.15, -0.1) is 11.3 Å². The van der Waals surface area contributed by atoms with Gasteiger partial charge in [0.2, 0.25) is 11.7 Å². The zero-order valence-corrected chi connectivity index (χ0v) is 14.7. The van der Waals surface area contributed by atoms with Crippen molar-refractivity contribution in [1.82, 2.24) is 15.0 Å². The van der Waals surface area contributed by atoms with Crippen LogP contribution in [0.1, 0.15) is 33.6 Å². The maximum Gasteiger partial charge on any atom is 0.241 e. The van der Waals surface area contributed by atoms with Crippen molar-refractivity contribution >= 4 is 27.3 Å². The Balaban J connectivity index is 2.09. The molecule has 20 heavy (non-hydrogen) atoms. The molecule has 2 rings (SSSR count). The minimum absolute atomic E-state index is 0.492. The zero-order chi connectivity index (χ0) is 14.7. The molecule has 0 aliphatic carbocycles. The van der Waals surface area contributed by atoms with Crippen LogP contribution in [-0.2, 0) is 6.54 Å². The normalized spacial score (nSPS) is 13.3. The fourth-order valence-corrected chi connectivity index (χ4v) is 3.30. The minimum Gasteiger partial charge on any atom is -0.338 e. The van der Waals surface area contributed by atoms with E-state index in [4.69, 9.17) is 4.52 Å². The van der Waals surface area contributed by atoms with Gasteiger partial charge in [-0.1, -0.05) is 25.9 Å². The molecule has 0 radical (unpaired) electrons. The van der Waals surface area contributed by atoms with Gasteiger partial charge in [0.15, 0.2) is 0 Å². The molecule has 2 aromatic heterocycles. The Morgan fingerprint density at radius 2 is 2.10 bits per heavy atom. The Bertz CT molecular complexity index is 552. The van der Waals surface area contributed by atoms with Gasteiger partial charge in [0.05, 0.1) is 15.2 Å². The first kappa shape index (κ1) is 15.7. The van der Waals surface area contributed by atoms with Crippen LogP contribution < -0.4 is 0 Å². The van der Waals surface area contributed by atoms with Crippen molar-refractivity contribution in [2.45, 2.75) is 40.3 Å². The van der Waals surface area contributed by atoms with Crippen LogP contribution in [0, 0.1) is 5.92 Å². The molecule has 6 heteroatoms. The summed E-state index contributed by atoms with van der Waals surface area (Å²) in [5.74, 6) is 1.95. The SMILES string of the molecule is CCN(Cc1nc(-c2ccc(Br)s2)no1)C(C)C(C)C. The summed E-state index contributed by atoms with van der Waals surface area (Å²) in [4.78, 5) is 7.87. The lowest BCUT2D eigenvalue weighted by atomic mass is 10.0. The third-order valence-electron chi connectivity index (χ3n) is 3.55. The van der Waals surface area contributed by atoms with Gasteiger partial charge >= 0.3 is 0 Å². The fraction of sp³-hybridized carbons (Fsp3) is 0.571. The first-order valence-corrected chi connectivity index (χ1v) is 8.44. The van der Waals surface area contributed by atoms with E-state index in [9.17, 15) is 0 Å². The number of nitrogens with zero attached hydrogens (tertiary/aromatic N) is 3. The van der Waals surface area contributed by atoms with Gasteiger partial charge < -0.3 is 4.52 Å². The average Bonchev–Trinajstić information content (AvgIpc) is 3.03. The molecule has 0 spiro atoms. The number of hydrogen-bond donors (Lipinski definition) is 0. The van der Waals surface area contributed by atoms with E-state index >= 15 is 0 Å². The lowest BCUT2D eigenvalue weighted by Crippen LogP contribution is -2.36. The van der Waals surface area contributed by atoms with Crippen molar-refractivity contribution in [2.75, 3.05) is 6.54 Å². The van der Waals surface area contributed by atoms with Crippen LogP contribution in [0.3, 0.4) is 0 Å². The second-order valence-corrected chi connectivity index (χ2v) is 7.63. The number of rotatable bonds is 6. The molecule has 1 unspecified atom stereocenters. The Morgan fingerprint density at radius 1 is 1.35 bits per heavy atom. The van der Waals surface area contributed by atoms with E-state index in [0.717, 1.165) is 15.2 Å².